The third-order valence-corrected chi connectivity index (χ3v) is 3.77. The summed E-state index contributed by atoms with van der Waals surface area (Å²) in [6.07, 6.45) is 6.09. The van der Waals surface area contributed by atoms with E-state index in [0.29, 0.717) is 12.1 Å². The van der Waals surface area contributed by atoms with Crippen LogP contribution in [-0.2, 0) is 4.74 Å². The smallest absolute Gasteiger partial charge is 0.0645 e. The third-order valence-electron chi connectivity index (χ3n) is 3.77. The second-order valence-corrected chi connectivity index (χ2v) is 4.92. The molecule has 3 rings (SSSR count). The van der Waals surface area contributed by atoms with Crippen LogP contribution in [0.3, 0.4) is 0 Å². The number of allylic oxidation sites excluding steroid dienone is 1. The number of nitrogens with one attached hydrogen (secondary N) is 2. The minimum Gasteiger partial charge on any atom is -0.378 e. The van der Waals surface area contributed by atoms with Crippen LogP contribution in [0.15, 0.2) is 24.2 Å². The maximum absolute atomic E-state index is 5.27. The minimum atomic E-state index is 0.556. The summed E-state index contributed by atoms with van der Waals surface area (Å²) >= 11 is 0. The van der Waals surface area contributed by atoms with Crippen molar-refractivity contribution in [2.45, 2.75) is 19.0 Å². The molecule has 0 aromatic rings. The van der Waals surface area contributed by atoms with Crippen molar-refractivity contribution >= 4 is 0 Å². The normalized spacial score (nSPS) is 30.3. The molecule has 1 atom stereocenters. The fourth-order valence-electron chi connectivity index (χ4n) is 2.65. The van der Waals surface area contributed by atoms with Crippen LogP contribution in [0.5, 0.6) is 0 Å². The van der Waals surface area contributed by atoms with Crippen molar-refractivity contribution in [3.05, 3.63) is 24.2 Å². The van der Waals surface area contributed by atoms with Crippen LogP contribution in [0.4, 0.5) is 0 Å². The van der Waals surface area contributed by atoms with Gasteiger partial charge in [-0.15, -0.1) is 0 Å². The average molecular weight is 236 g/mol. The second-order valence-electron chi connectivity index (χ2n) is 4.92. The van der Waals surface area contributed by atoms with E-state index in [1.807, 2.05) is 12.4 Å². The van der Waals surface area contributed by atoms with E-state index in [-0.39, 0.29) is 0 Å². The lowest BCUT2D eigenvalue weighted by Gasteiger charge is -2.47. The molecule has 0 radical (unpaired) electrons. The molecule has 3 heterocycles. The van der Waals surface area contributed by atoms with E-state index in [4.69, 9.17) is 4.74 Å². The maximum Gasteiger partial charge on any atom is 0.0645 e. The van der Waals surface area contributed by atoms with Gasteiger partial charge >= 0.3 is 0 Å². The van der Waals surface area contributed by atoms with Crippen LogP contribution in [0.2, 0.25) is 0 Å². The molecule has 0 aromatic heterocycles. The molecule has 2 saturated heterocycles. The molecule has 3 aliphatic rings. The molecule has 5 nitrogen and oxygen atoms in total. The highest BCUT2D eigenvalue weighted by atomic mass is 16.5. The van der Waals surface area contributed by atoms with Crippen molar-refractivity contribution in [1.29, 1.82) is 0 Å². The first-order valence-corrected chi connectivity index (χ1v) is 6.31. The van der Waals surface area contributed by atoms with Crippen LogP contribution < -0.4 is 10.9 Å². The highest BCUT2D eigenvalue weighted by Gasteiger charge is 2.32. The van der Waals surface area contributed by atoms with E-state index in [1.54, 1.807) is 0 Å². The van der Waals surface area contributed by atoms with Gasteiger partial charge in [0.2, 0.25) is 0 Å². The number of hydrogen-bond donors (Lipinski definition) is 2. The van der Waals surface area contributed by atoms with Gasteiger partial charge in [0, 0.05) is 38.1 Å². The molecule has 5 heteroatoms. The standard InChI is InChI=1S/C12H20N4O/c1-10-7-15(12-8-17-9-12)4-5-16(10)11-2-3-13-14-6-11/h2-3,6,10,12-14H,4-5,7-9H2,1H3. The molecule has 0 aromatic carbocycles. The number of hydrogen-bond acceptors (Lipinski definition) is 5. The first kappa shape index (κ1) is 10.9. The average Bonchev–Trinajstić information content (AvgIpc) is 2.28. The topological polar surface area (TPSA) is 39.8 Å². The number of nitrogens with zero attached hydrogens (tertiary/aromatic N) is 2. The Morgan fingerprint density at radius 2 is 2.18 bits per heavy atom. The van der Waals surface area contributed by atoms with E-state index < -0.39 is 0 Å². The Kier molecular flexibility index (Phi) is 2.94. The second kappa shape index (κ2) is 4.58. The summed E-state index contributed by atoms with van der Waals surface area (Å²) in [6, 6.07) is 1.22. The lowest BCUT2D eigenvalue weighted by molar-refractivity contribution is -0.0812. The summed E-state index contributed by atoms with van der Waals surface area (Å²) in [5.74, 6) is 0. The Hall–Kier alpha value is -1.20. The van der Waals surface area contributed by atoms with Crippen molar-refractivity contribution in [2.24, 2.45) is 0 Å². The van der Waals surface area contributed by atoms with Crippen molar-refractivity contribution in [2.75, 3.05) is 32.8 Å². The predicted octanol–water partition coefficient (Wildman–Crippen LogP) is -0.146. The number of piperazine rings is 1. The fraction of sp³-hybridized carbons (Fsp3) is 0.667. The Labute approximate surface area is 102 Å². The molecule has 17 heavy (non-hydrogen) atoms. The van der Waals surface area contributed by atoms with Crippen LogP contribution in [0, 0.1) is 0 Å². The summed E-state index contributed by atoms with van der Waals surface area (Å²) in [7, 11) is 0. The molecule has 2 fully saturated rings. The molecule has 2 N–H and O–H groups in total. The first-order chi connectivity index (χ1) is 8.34. The van der Waals surface area contributed by atoms with Gasteiger partial charge in [0.05, 0.1) is 25.0 Å². The molecule has 94 valence electrons. The first-order valence-electron chi connectivity index (χ1n) is 6.31. The Bertz CT molecular complexity index is 337. The number of ether oxygens (including phenoxy) is 1. The van der Waals surface area contributed by atoms with Gasteiger partial charge in [-0.3, -0.25) is 4.90 Å². The van der Waals surface area contributed by atoms with Crippen molar-refractivity contribution in [3.63, 3.8) is 0 Å². The SMILES string of the molecule is CC1CN(C2COC2)CCN1C1=CNNC=C1. The summed E-state index contributed by atoms with van der Waals surface area (Å²) in [5.41, 5.74) is 7.25. The highest BCUT2D eigenvalue weighted by Crippen LogP contribution is 2.20. The number of hydrazine groups is 1. The van der Waals surface area contributed by atoms with Gasteiger partial charge in [0.1, 0.15) is 0 Å². The van der Waals surface area contributed by atoms with Gasteiger partial charge in [-0.05, 0) is 13.0 Å². The zero-order valence-electron chi connectivity index (χ0n) is 10.2. The van der Waals surface area contributed by atoms with E-state index in [2.05, 4.69) is 33.7 Å². The predicted molar refractivity (Wildman–Crippen MR) is 65.8 cm³/mol. The molecular formula is C12H20N4O. The molecule has 3 aliphatic heterocycles. The quantitative estimate of drug-likeness (QED) is 0.698. The minimum absolute atomic E-state index is 0.556. The lowest BCUT2D eigenvalue weighted by Crippen LogP contribution is -2.59. The zero-order chi connectivity index (χ0) is 11.7. The molecular weight excluding hydrogens is 216 g/mol. The molecule has 1 unspecified atom stereocenters. The summed E-state index contributed by atoms with van der Waals surface area (Å²) in [6.45, 7) is 7.49. The largest absolute Gasteiger partial charge is 0.378 e. The summed E-state index contributed by atoms with van der Waals surface area (Å²) in [5, 5.41) is 0. The fourth-order valence-corrected chi connectivity index (χ4v) is 2.65. The Balaban J connectivity index is 1.61. The van der Waals surface area contributed by atoms with Gasteiger partial charge in [0.25, 0.3) is 0 Å². The Morgan fingerprint density at radius 1 is 1.29 bits per heavy atom. The van der Waals surface area contributed by atoms with Gasteiger partial charge in [0.15, 0.2) is 0 Å². The zero-order valence-corrected chi connectivity index (χ0v) is 10.2. The van der Waals surface area contributed by atoms with Gasteiger partial charge in [-0.2, -0.15) is 0 Å². The lowest BCUT2D eigenvalue weighted by atomic mass is 10.1. The van der Waals surface area contributed by atoms with Crippen LogP contribution in [0.1, 0.15) is 6.92 Å². The number of rotatable bonds is 2. The monoisotopic (exact) mass is 236 g/mol. The van der Waals surface area contributed by atoms with Crippen LogP contribution >= 0.6 is 0 Å². The van der Waals surface area contributed by atoms with Crippen LogP contribution in [-0.4, -0.2) is 54.7 Å². The summed E-state index contributed by atoms with van der Waals surface area (Å²) in [4.78, 5) is 5.02. The summed E-state index contributed by atoms with van der Waals surface area (Å²) < 4.78 is 5.27. The van der Waals surface area contributed by atoms with Gasteiger partial charge in [-0.1, -0.05) is 0 Å². The van der Waals surface area contributed by atoms with E-state index in [0.717, 1.165) is 32.8 Å². The van der Waals surface area contributed by atoms with E-state index >= 15 is 0 Å². The third kappa shape index (κ3) is 2.12. The molecule has 0 amide bonds. The molecule has 0 spiro atoms. The van der Waals surface area contributed by atoms with Crippen LogP contribution in [0.25, 0.3) is 0 Å². The van der Waals surface area contributed by atoms with Gasteiger partial charge < -0.3 is 20.5 Å². The van der Waals surface area contributed by atoms with Crippen molar-refractivity contribution < 1.29 is 4.74 Å². The Morgan fingerprint density at radius 3 is 2.76 bits per heavy atom. The maximum atomic E-state index is 5.27. The van der Waals surface area contributed by atoms with Crippen molar-refractivity contribution in [3.8, 4) is 0 Å². The molecule has 0 aliphatic carbocycles. The molecule has 0 bridgehead atoms. The molecule has 0 saturated carbocycles. The van der Waals surface area contributed by atoms with E-state index in [1.165, 1.54) is 5.70 Å². The highest BCUT2D eigenvalue weighted by molar-refractivity contribution is 5.20. The van der Waals surface area contributed by atoms with E-state index in [9.17, 15) is 0 Å². The van der Waals surface area contributed by atoms with Crippen molar-refractivity contribution in [1.82, 2.24) is 20.7 Å². The van der Waals surface area contributed by atoms with Gasteiger partial charge in [-0.25, -0.2) is 0 Å².